The Morgan fingerprint density at radius 1 is 1.00 bits per heavy atom. The Hall–Kier alpha value is -1.53. The van der Waals surface area contributed by atoms with E-state index >= 15 is 0 Å². The van der Waals surface area contributed by atoms with Crippen LogP contribution >= 0.6 is 9.90 Å². The highest BCUT2D eigenvalue weighted by molar-refractivity contribution is 6.92. The molecule has 76 valence electrons. The third kappa shape index (κ3) is 2.48. The number of aromatic nitrogens is 2. The summed E-state index contributed by atoms with van der Waals surface area (Å²) in [4.78, 5) is 8.53. The first kappa shape index (κ1) is 11.5. The van der Waals surface area contributed by atoms with Crippen molar-refractivity contribution in [1.82, 2.24) is 9.97 Å². The maximum atomic E-state index is 4.29. The second-order valence-electron chi connectivity index (χ2n) is 2.86. The molecule has 2 aromatic heterocycles. The summed E-state index contributed by atoms with van der Waals surface area (Å²) in [6, 6.07) is 9.65. The molecule has 2 heterocycles. The Morgan fingerprint density at radius 3 is 2.47 bits per heavy atom. The molecule has 0 aliphatic rings. The molecule has 0 saturated heterocycles. The van der Waals surface area contributed by atoms with E-state index in [0.717, 1.165) is 17.0 Å². The molecule has 1 atom stereocenters. The maximum Gasteiger partial charge on any atom is 0.0958 e. The molecule has 0 aliphatic carbocycles. The summed E-state index contributed by atoms with van der Waals surface area (Å²) >= 11 is 0. The van der Waals surface area contributed by atoms with Crippen molar-refractivity contribution in [2.24, 2.45) is 0 Å². The van der Waals surface area contributed by atoms with Crippen LogP contribution in [0.25, 0.3) is 17.5 Å². The molecule has 2 aromatic rings. The first-order valence-corrected chi connectivity index (χ1v) is 4.40. The van der Waals surface area contributed by atoms with E-state index in [9.17, 15) is 0 Å². The number of rotatable bonds is 2. The zero-order valence-electron chi connectivity index (χ0n) is 8.43. The molecule has 0 bridgehead atoms. The van der Waals surface area contributed by atoms with Crippen molar-refractivity contribution in [3.63, 3.8) is 0 Å². The van der Waals surface area contributed by atoms with Gasteiger partial charge in [0.15, 0.2) is 0 Å². The van der Waals surface area contributed by atoms with Crippen LogP contribution in [-0.2, 0) is 0 Å². The van der Waals surface area contributed by atoms with Gasteiger partial charge in [0, 0.05) is 18.0 Å². The minimum Gasteiger partial charge on any atom is -0.255 e. The van der Waals surface area contributed by atoms with E-state index in [2.05, 4.69) is 16.5 Å². The smallest absolute Gasteiger partial charge is 0.0958 e. The van der Waals surface area contributed by atoms with E-state index in [-0.39, 0.29) is 9.90 Å². The van der Waals surface area contributed by atoms with Crippen molar-refractivity contribution in [1.29, 1.82) is 0 Å². The minimum absolute atomic E-state index is 0. The first-order chi connectivity index (χ1) is 6.92. The van der Waals surface area contributed by atoms with Crippen molar-refractivity contribution in [2.75, 3.05) is 0 Å². The zero-order chi connectivity index (χ0) is 9.80. The van der Waals surface area contributed by atoms with Crippen molar-refractivity contribution < 1.29 is 0 Å². The van der Waals surface area contributed by atoms with Gasteiger partial charge in [-0.25, -0.2) is 0 Å². The number of hydrogen-bond acceptors (Lipinski definition) is 2. The van der Waals surface area contributed by atoms with Gasteiger partial charge in [-0.1, -0.05) is 24.8 Å². The molecule has 1 unspecified atom stereocenters. The van der Waals surface area contributed by atoms with E-state index in [0.29, 0.717) is 0 Å². The summed E-state index contributed by atoms with van der Waals surface area (Å²) in [6.07, 6.45) is 5.31. The normalized spacial score (nSPS) is 9.07. The molecule has 0 aromatic carbocycles. The average molecular weight is 216 g/mol. The van der Waals surface area contributed by atoms with E-state index in [1.807, 2.05) is 30.3 Å². The monoisotopic (exact) mass is 216 g/mol. The summed E-state index contributed by atoms with van der Waals surface area (Å²) in [5.41, 5.74) is 2.76. The molecular weight excluding hydrogens is 203 g/mol. The van der Waals surface area contributed by atoms with Crippen molar-refractivity contribution in [3.8, 4) is 11.4 Å². The van der Waals surface area contributed by atoms with Crippen molar-refractivity contribution in [3.05, 3.63) is 54.9 Å². The fraction of sp³-hybridized carbons (Fsp3) is 0. The van der Waals surface area contributed by atoms with E-state index in [1.54, 1.807) is 18.5 Å². The molecule has 0 aliphatic heterocycles. The van der Waals surface area contributed by atoms with Gasteiger partial charge in [0.05, 0.1) is 11.4 Å². The fourth-order valence-electron chi connectivity index (χ4n) is 1.30. The van der Waals surface area contributed by atoms with Crippen LogP contribution in [0, 0.1) is 0 Å². The average Bonchev–Trinajstić information content (AvgIpc) is 2.30. The highest BCUT2D eigenvalue weighted by atomic mass is 31.0. The predicted octanol–water partition coefficient (Wildman–Crippen LogP) is 2.84. The van der Waals surface area contributed by atoms with Gasteiger partial charge in [0.1, 0.15) is 0 Å². The SMILES string of the molecule is C=Cc1cccnc1-c1ccccn1.P. The van der Waals surface area contributed by atoms with Crippen LogP contribution in [0.2, 0.25) is 0 Å². The van der Waals surface area contributed by atoms with Crippen LogP contribution in [0.4, 0.5) is 0 Å². The molecule has 2 rings (SSSR count). The van der Waals surface area contributed by atoms with Crippen LogP contribution in [0.15, 0.2) is 49.3 Å². The first-order valence-electron chi connectivity index (χ1n) is 4.40. The van der Waals surface area contributed by atoms with Gasteiger partial charge in [-0.3, -0.25) is 9.97 Å². The molecule has 0 N–H and O–H groups in total. The largest absolute Gasteiger partial charge is 0.255 e. The second-order valence-corrected chi connectivity index (χ2v) is 2.86. The van der Waals surface area contributed by atoms with Gasteiger partial charge >= 0.3 is 0 Å². The molecule has 0 saturated carbocycles. The topological polar surface area (TPSA) is 25.8 Å². The fourth-order valence-corrected chi connectivity index (χ4v) is 1.30. The van der Waals surface area contributed by atoms with Crippen molar-refractivity contribution in [2.45, 2.75) is 0 Å². The standard InChI is InChI=1S/C12H10N2.H3P/c1-2-10-6-5-9-14-12(10)11-7-3-4-8-13-11;/h2-9H,1H2;1H3. The van der Waals surface area contributed by atoms with E-state index < -0.39 is 0 Å². The second kappa shape index (κ2) is 5.38. The third-order valence-electron chi connectivity index (χ3n) is 1.97. The lowest BCUT2D eigenvalue weighted by molar-refractivity contribution is 1.24. The molecule has 3 heteroatoms. The lowest BCUT2D eigenvalue weighted by Crippen LogP contribution is -1.89. The van der Waals surface area contributed by atoms with Crippen LogP contribution in [0.3, 0.4) is 0 Å². The predicted molar refractivity (Wildman–Crippen MR) is 68.7 cm³/mol. The Morgan fingerprint density at radius 2 is 1.80 bits per heavy atom. The summed E-state index contributed by atoms with van der Waals surface area (Å²) in [5.74, 6) is 0. The number of nitrogens with zero attached hydrogens (tertiary/aromatic N) is 2. The molecule has 0 amide bonds. The maximum absolute atomic E-state index is 4.29. The van der Waals surface area contributed by atoms with Gasteiger partial charge < -0.3 is 0 Å². The summed E-state index contributed by atoms with van der Waals surface area (Å²) in [6.45, 7) is 3.75. The van der Waals surface area contributed by atoms with Crippen LogP contribution in [0.5, 0.6) is 0 Å². The van der Waals surface area contributed by atoms with Gasteiger partial charge in [-0.2, -0.15) is 9.90 Å². The summed E-state index contributed by atoms with van der Waals surface area (Å²) < 4.78 is 0. The van der Waals surface area contributed by atoms with E-state index in [1.165, 1.54) is 0 Å². The highest BCUT2D eigenvalue weighted by Gasteiger charge is 2.02. The lowest BCUT2D eigenvalue weighted by Gasteiger charge is -2.02. The number of hydrogen-bond donors (Lipinski definition) is 0. The Kier molecular flexibility index (Phi) is 4.14. The Bertz CT molecular complexity index is 440. The summed E-state index contributed by atoms with van der Waals surface area (Å²) in [7, 11) is 0. The molecular formula is C12H13N2P. The zero-order valence-corrected chi connectivity index (χ0v) is 9.84. The van der Waals surface area contributed by atoms with Gasteiger partial charge in [-0.05, 0) is 18.2 Å². The highest BCUT2D eigenvalue weighted by Crippen LogP contribution is 2.18. The van der Waals surface area contributed by atoms with E-state index in [4.69, 9.17) is 0 Å². The minimum atomic E-state index is 0. The quantitative estimate of drug-likeness (QED) is 0.721. The lowest BCUT2D eigenvalue weighted by atomic mass is 10.1. The van der Waals surface area contributed by atoms with Gasteiger partial charge in [0.25, 0.3) is 0 Å². The van der Waals surface area contributed by atoms with Gasteiger partial charge in [0.2, 0.25) is 0 Å². The molecule has 0 fully saturated rings. The molecule has 0 spiro atoms. The van der Waals surface area contributed by atoms with Crippen LogP contribution < -0.4 is 0 Å². The number of pyridine rings is 2. The molecule has 15 heavy (non-hydrogen) atoms. The van der Waals surface area contributed by atoms with Crippen molar-refractivity contribution >= 4 is 16.0 Å². The Labute approximate surface area is 92.7 Å². The van der Waals surface area contributed by atoms with Crippen LogP contribution in [-0.4, -0.2) is 9.97 Å². The van der Waals surface area contributed by atoms with Crippen LogP contribution in [0.1, 0.15) is 5.56 Å². The molecule has 0 radical (unpaired) electrons. The van der Waals surface area contributed by atoms with Gasteiger partial charge in [-0.15, -0.1) is 0 Å². The molecule has 2 nitrogen and oxygen atoms in total. The summed E-state index contributed by atoms with van der Waals surface area (Å²) in [5, 5.41) is 0. The third-order valence-corrected chi connectivity index (χ3v) is 1.97. The Balaban J connectivity index is 0.00000112.